The van der Waals surface area contributed by atoms with Crippen molar-refractivity contribution >= 4 is 24.0 Å². The van der Waals surface area contributed by atoms with E-state index in [4.69, 9.17) is 5.11 Å². The molecule has 0 aliphatic rings. The van der Waals surface area contributed by atoms with Crippen LogP contribution in [0.2, 0.25) is 0 Å². The minimum Gasteiger partial charge on any atom is -0.477 e. The monoisotopic (exact) mass is 226 g/mol. The van der Waals surface area contributed by atoms with Gasteiger partial charge in [0.2, 0.25) is 0 Å². The fraction of sp³-hybridized carbons (Fsp3) is 0. The zero-order valence-corrected chi connectivity index (χ0v) is 8.27. The lowest BCUT2D eigenvalue weighted by Crippen LogP contribution is -2.17. The molecule has 2 rings (SSSR count). The first-order valence-corrected chi connectivity index (χ1v) is 3.90. The van der Waals surface area contributed by atoms with Crippen LogP contribution in [0.4, 0.5) is 0 Å². The molecule has 0 unspecified atom stereocenters. The van der Waals surface area contributed by atoms with Crippen LogP contribution >= 0.6 is 12.4 Å². The Labute approximate surface area is 90.4 Å². The Hall–Kier alpha value is -1.88. The van der Waals surface area contributed by atoms with E-state index in [1.165, 1.54) is 10.6 Å². The summed E-state index contributed by atoms with van der Waals surface area (Å²) in [5.41, 5.74) is -0.299. The summed E-state index contributed by atoms with van der Waals surface area (Å²) in [6.45, 7) is 0. The Kier molecular flexibility index (Phi) is 3.06. The van der Waals surface area contributed by atoms with Gasteiger partial charge in [0.05, 0.1) is 0 Å². The van der Waals surface area contributed by atoms with Gasteiger partial charge in [-0.05, 0) is 12.1 Å². The minimum absolute atomic E-state index is 0. The molecule has 0 aliphatic heterocycles. The molecule has 0 saturated heterocycles. The Bertz CT molecular complexity index is 565. The van der Waals surface area contributed by atoms with E-state index in [9.17, 15) is 9.59 Å². The number of aromatic nitrogens is 2. The minimum atomic E-state index is -1.20. The molecule has 0 radical (unpaired) electrons. The van der Waals surface area contributed by atoms with E-state index < -0.39 is 11.5 Å². The number of carboxylic acids is 1. The highest BCUT2D eigenvalue weighted by Crippen LogP contribution is 1.97. The molecule has 5 nitrogen and oxygen atoms in total. The summed E-state index contributed by atoms with van der Waals surface area (Å²) in [5, 5.41) is 8.66. The van der Waals surface area contributed by atoms with Gasteiger partial charge in [0.1, 0.15) is 5.65 Å². The van der Waals surface area contributed by atoms with Gasteiger partial charge < -0.3 is 5.11 Å². The molecule has 2 aromatic heterocycles. The molecular weight excluding hydrogens is 220 g/mol. The normalized spacial score (nSPS) is 9.60. The van der Waals surface area contributed by atoms with E-state index in [0.29, 0.717) is 5.65 Å². The van der Waals surface area contributed by atoms with Crippen LogP contribution in [0.1, 0.15) is 10.5 Å². The number of rotatable bonds is 1. The molecule has 0 fully saturated rings. The van der Waals surface area contributed by atoms with Crippen molar-refractivity contribution in [2.45, 2.75) is 0 Å². The van der Waals surface area contributed by atoms with E-state index in [2.05, 4.69) is 4.98 Å². The predicted octanol–water partition coefficient (Wildman–Crippen LogP) is 0.815. The molecule has 15 heavy (non-hydrogen) atoms. The fourth-order valence-corrected chi connectivity index (χ4v) is 1.16. The number of fused-ring (bicyclic) bond motifs is 1. The van der Waals surface area contributed by atoms with Gasteiger partial charge >= 0.3 is 5.97 Å². The molecule has 0 spiro atoms. The van der Waals surface area contributed by atoms with E-state index in [-0.39, 0.29) is 18.1 Å². The second-order valence-electron chi connectivity index (χ2n) is 2.71. The number of hydrogen-bond acceptors (Lipinski definition) is 3. The summed E-state index contributed by atoms with van der Waals surface area (Å²) in [7, 11) is 0. The van der Waals surface area contributed by atoms with Crippen LogP contribution < -0.4 is 5.56 Å². The van der Waals surface area contributed by atoms with Crippen molar-refractivity contribution in [1.29, 1.82) is 0 Å². The fourth-order valence-electron chi connectivity index (χ4n) is 1.16. The van der Waals surface area contributed by atoms with Gasteiger partial charge in [-0.2, -0.15) is 0 Å². The Morgan fingerprint density at radius 3 is 2.80 bits per heavy atom. The van der Waals surface area contributed by atoms with Crippen LogP contribution in [-0.4, -0.2) is 20.5 Å². The number of nitrogens with zero attached hydrogens (tertiary/aromatic N) is 2. The molecule has 0 atom stereocenters. The lowest BCUT2D eigenvalue weighted by molar-refractivity contribution is 0.0690. The van der Waals surface area contributed by atoms with Gasteiger partial charge in [-0.3, -0.25) is 9.20 Å². The van der Waals surface area contributed by atoms with Crippen molar-refractivity contribution in [1.82, 2.24) is 9.38 Å². The molecule has 0 saturated carbocycles. The maximum atomic E-state index is 11.4. The van der Waals surface area contributed by atoms with E-state index in [0.717, 1.165) is 6.07 Å². The number of pyridine rings is 1. The van der Waals surface area contributed by atoms with Crippen LogP contribution in [0.5, 0.6) is 0 Å². The highest BCUT2D eigenvalue weighted by atomic mass is 35.5. The largest absolute Gasteiger partial charge is 0.477 e. The third-order valence-electron chi connectivity index (χ3n) is 1.79. The third-order valence-corrected chi connectivity index (χ3v) is 1.79. The molecule has 2 aromatic rings. The molecule has 0 amide bonds. The quantitative estimate of drug-likeness (QED) is 0.781. The number of carboxylic acid groups (broad SMARTS) is 1. The Morgan fingerprint density at radius 1 is 1.40 bits per heavy atom. The highest BCUT2D eigenvalue weighted by molar-refractivity contribution is 5.85. The van der Waals surface area contributed by atoms with Gasteiger partial charge in [0, 0.05) is 12.3 Å². The SMILES string of the molecule is Cl.O=C(O)c1cc(=O)n2ccccc2n1. The zero-order valence-electron chi connectivity index (χ0n) is 7.45. The van der Waals surface area contributed by atoms with Crippen LogP contribution in [0.15, 0.2) is 35.3 Å². The number of hydrogen-bond donors (Lipinski definition) is 1. The number of halogens is 1. The third kappa shape index (κ3) is 1.97. The van der Waals surface area contributed by atoms with Crippen LogP contribution in [0, 0.1) is 0 Å². The van der Waals surface area contributed by atoms with Gasteiger partial charge in [0.15, 0.2) is 5.69 Å². The predicted molar refractivity (Wildman–Crippen MR) is 55.7 cm³/mol. The van der Waals surface area contributed by atoms with Gasteiger partial charge in [-0.1, -0.05) is 6.07 Å². The second-order valence-corrected chi connectivity index (χ2v) is 2.71. The molecule has 0 bridgehead atoms. The topological polar surface area (TPSA) is 71.7 Å². The Balaban J connectivity index is 0.00000112. The first kappa shape index (κ1) is 11.2. The van der Waals surface area contributed by atoms with E-state index in [1.54, 1.807) is 18.2 Å². The van der Waals surface area contributed by atoms with Crippen LogP contribution in [0.25, 0.3) is 5.65 Å². The molecule has 0 aromatic carbocycles. The summed E-state index contributed by atoms with van der Waals surface area (Å²) < 4.78 is 1.28. The lowest BCUT2D eigenvalue weighted by atomic mass is 10.4. The summed E-state index contributed by atoms with van der Waals surface area (Å²) in [6, 6.07) is 5.94. The molecule has 1 N–H and O–H groups in total. The van der Waals surface area contributed by atoms with Gasteiger partial charge in [-0.15, -0.1) is 12.4 Å². The zero-order chi connectivity index (χ0) is 10.1. The molecule has 6 heteroatoms. The first-order chi connectivity index (χ1) is 6.68. The smallest absolute Gasteiger partial charge is 0.354 e. The van der Waals surface area contributed by atoms with Gasteiger partial charge in [-0.25, -0.2) is 9.78 Å². The van der Waals surface area contributed by atoms with Crippen LogP contribution in [-0.2, 0) is 0 Å². The van der Waals surface area contributed by atoms with Crippen molar-refractivity contribution in [2.24, 2.45) is 0 Å². The Morgan fingerprint density at radius 2 is 2.13 bits per heavy atom. The lowest BCUT2D eigenvalue weighted by Gasteiger charge is -1.99. The summed E-state index contributed by atoms with van der Waals surface area (Å²) in [5.74, 6) is -1.20. The highest BCUT2D eigenvalue weighted by Gasteiger charge is 2.07. The average Bonchev–Trinajstić information content (AvgIpc) is 2.17. The molecule has 78 valence electrons. The molecule has 2 heterocycles. The van der Waals surface area contributed by atoms with Crippen molar-refractivity contribution < 1.29 is 9.90 Å². The molecule has 0 aliphatic carbocycles. The van der Waals surface area contributed by atoms with Crippen molar-refractivity contribution in [3.8, 4) is 0 Å². The number of carbonyl (C=O) groups is 1. The summed E-state index contributed by atoms with van der Waals surface area (Å²) in [4.78, 5) is 25.7. The van der Waals surface area contributed by atoms with E-state index in [1.807, 2.05) is 0 Å². The maximum Gasteiger partial charge on any atom is 0.354 e. The first-order valence-electron chi connectivity index (χ1n) is 3.90. The van der Waals surface area contributed by atoms with Crippen molar-refractivity contribution in [2.75, 3.05) is 0 Å². The summed E-state index contributed by atoms with van der Waals surface area (Å²) >= 11 is 0. The van der Waals surface area contributed by atoms with Crippen LogP contribution in [0.3, 0.4) is 0 Å². The maximum absolute atomic E-state index is 11.4. The van der Waals surface area contributed by atoms with E-state index >= 15 is 0 Å². The number of aromatic carboxylic acids is 1. The van der Waals surface area contributed by atoms with Gasteiger partial charge in [0.25, 0.3) is 5.56 Å². The second kappa shape index (κ2) is 4.10. The van der Waals surface area contributed by atoms with Crippen molar-refractivity contribution in [3.63, 3.8) is 0 Å². The standard InChI is InChI=1S/C9H6N2O3.ClH/c12-8-5-6(9(13)14)10-7-3-1-2-4-11(7)8;/h1-5H,(H,13,14);1H. The summed E-state index contributed by atoms with van der Waals surface area (Å²) in [6.07, 6.45) is 1.54. The average molecular weight is 227 g/mol. The molecular formula is C9H7ClN2O3. The van der Waals surface area contributed by atoms with Crippen molar-refractivity contribution in [3.05, 3.63) is 46.5 Å².